The third kappa shape index (κ3) is 6.69. The van der Waals surface area contributed by atoms with E-state index in [1.807, 2.05) is 26.8 Å². The topological polar surface area (TPSA) is 94.2 Å². The quantitative estimate of drug-likeness (QED) is 0.306. The molecule has 190 valence electrons. The van der Waals surface area contributed by atoms with Crippen LogP contribution in [0.5, 0.6) is 17.2 Å². The van der Waals surface area contributed by atoms with Crippen LogP contribution in [-0.4, -0.2) is 48.3 Å². The smallest absolute Gasteiger partial charge is 0.294 e. The van der Waals surface area contributed by atoms with Crippen molar-refractivity contribution >= 4 is 40.6 Å². The zero-order valence-corrected chi connectivity index (χ0v) is 21.5. The zero-order chi connectivity index (χ0) is 26.1. The van der Waals surface area contributed by atoms with E-state index in [-0.39, 0.29) is 11.4 Å². The van der Waals surface area contributed by atoms with Crippen molar-refractivity contribution in [3.63, 3.8) is 0 Å². The van der Waals surface area contributed by atoms with Gasteiger partial charge >= 0.3 is 0 Å². The van der Waals surface area contributed by atoms with Crippen molar-refractivity contribution in [3.8, 4) is 17.2 Å². The fourth-order valence-electron chi connectivity index (χ4n) is 3.58. The Bertz CT molecular complexity index is 1160. The summed E-state index contributed by atoms with van der Waals surface area (Å²) >= 11 is 0.795. The summed E-state index contributed by atoms with van der Waals surface area (Å²) < 4.78 is 16.9. The van der Waals surface area contributed by atoms with E-state index in [2.05, 4.69) is 11.9 Å². The number of carbonyl (C=O) groups is 3. The highest BCUT2D eigenvalue weighted by molar-refractivity contribution is 8.18. The van der Waals surface area contributed by atoms with Gasteiger partial charge in [-0.3, -0.25) is 19.3 Å². The molecule has 1 saturated heterocycles. The SMILES string of the molecule is C=CCc1cc(/C=C2/SC(=O)N(CC(=O)Nc3ccc(OCC)cc3)C2=O)cc(OCC)c1OCC. The molecule has 1 N–H and O–H groups in total. The molecular weight excluding hydrogens is 480 g/mol. The van der Waals surface area contributed by atoms with Gasteiger partial charge < -0.3 is 19.5 Å². The van der Waals surface area contributed by atoms with E-state index in [4.69, 9.17) is 14.2 Å². The Morgan fingerprint density at radius 1 is 1.03 bits per heavy atom. The molecule has 0 aliphatic carbocycles. The van der Waals surface area contributed by atoms with Crippen LogP contribution >= 0.6 is 11.8 Å². The number of hydrogen-bond donors (Lipinski definition) is 1. The average molecular weight is 511 g/mol. The summed E-state index contributed by atoms with van der Waals surface area (Å²) in [4.78, 5) is 39.2. The first-order valence-corrected chi connectivity index (χ1v) is 12.5. The summed E-state index contributed by atoms with van der Waals surface area (Å²) in [5, 5.41) is 2.19. The molecule has 1 aliphatic rings. The number of nitrogens with one attached hydrogen (secondary N) is 1. The van der Waals surface area contributed by atoms with Gasteiger partial charge in [-0.2, -0.15) is 0 Å². The monoisotopic (exact) mass is 510 g/mol. The van der Waals surface area contributed by atoms with Crippen molar-refractivity contribution in [2.24, 2.45) is 0 Å². The summed E-state index contributed by atoms with van der Waals surface area (Å²) in [6.07, 6.45) is 3.93. The number of benzene rings is 2. The van der Waals surface area contributed by atoms with Crippen LogP contribution in [0.4, 0.5) is 10.5 Å². The normalized spacial score (nSPS) is 14.2. The van der Waals surface area contributed by atoms with Gasteiger partial charge in [-0.05, 0) is 87.0 Å². The maximum absolute atomic E-state index is 13.0. The summed E-state index contributed by atoms with van der Waals surface area (Å²) in [7, 11) is 0. The van der Waals surface area contributed by atoms with Crippen molar-refractivity contribution in [3.05, 3.63) is 65.1 Å². The molecule has 1 fully saturated rings. The van der Waals surface area contributed by atoms with Gasteiger partial charge in [0.05, 0.1) is 24.7 Å². The molecule has 0 atom stereocenters. The Morgan fingerprint density at radius 2 is 1.72 bits per heavy atom. The molecule has 1 heterocycles. The van der Waals surface area contributed by atoms with Gasteiger partial charge in [-0.15, -0.1) is 6.58 Å². The van der Waals surface area contributed by atoms with Gasteiger partial charge in [0.2, 0.25) is 5.91 Å². The Hall–Kier alpha value is -3.72. The van der Waals surface area contributed by atoms with Gasteiger partial charge in [0.1, 0.15) is 12.3 Å². The number of amides is 3. The Morgan fingerprint density at radius 3 is 2.36 bits per heavy atom. The van der Waals surface area contributed by atoms with Gasteiger partial charge in [0.25, 0.3) is 11.1 Å². The van der Waals surface area contributed by atoms with Crippen molar-refractivity contribution in [1.29, 1.82) is 0 Å². The van der Waals surface area contributed by atoms with Crippen LogP contribution in [0.2, 0.25) is 0 Å². The maximum Gasteiger partial charge on any atom is 0.294 e. The number of imide groups is 1. The molecule has 0 bridgehead atoms. The number of hydrogen-bond acceptors (Lipinski definition) is 7. The first kappa shape index (κ1) is 26.9. The van der Waals surface area contributed by atoms with Crippen molar-refractivity contribution in [2.75, 3.05) is 31.7 Å². The molecule has 3 amide bonds. The molecule has 0 radical (unpaired) electrons. The summed E-state index contributed by atoms with van der Waals surface area (Å²) in [5.74, 6) is 0.874. The molecular formula is C27H30N2O6S. The predicted octanol–water partition coefficient (Wildman–Crippen LogP) is 5.29. The lowest BCUT2D eigenvalue weighted by molar-refractivity contribution is -0.127. The molecule has 9 heteroatoms. The predicted molar refractivity (Wildman–Crippen MR) is 142 cm³/mol. The highest BCUT2D eigenvalue weighted by atomic mass is 32.2. The summed E-state index contributed by atoms with van der Waals surface area (Å²) in [5.41, 5.74) is 2.08. The van der Waals surface area contributed by atoms with Gasteiger partial charge in [-0.25, -0.2) is 0 Å². The largest absolute Gasteiger partial charge is 0.494 e. The van der Waals surface area contributed by atoms with Crippen LogP contribution in [0.1, 0.15) is 31.9 Å². The molecule has 1 aliphatic heterocycles. The molecule has 0 aromatic heterocycles. The highest BCUT2D eigenvalue weighted by Crippen LogP contribution is 2.37. The Balaban J connectivity index is 1.77. The standard InChI is InChI=1S/C27H30N2O6S/c1-5-9-19-14-18(15-22(34-7-3)25(19)35-8-4)16-23-26(31)29(27(32)36-23)17-24(30)28-20-10-12-21(13-11-20)33-6-2/h5,10-16H,1,6-9,17H2,2-4H3,(H,28,30)/b23-16+. The molecule has 0 spiro atoms. The lowest BCUT2D eigenvalue weighted by Crippen LogP contribution is -2.36. The van der Waals surface area contributed by atoms with E-state index in [1.165, 1.54) is 0 Å². The van der Waals surface area contributed by atoms with Gasteiger partial charge in [-0.1, -0.05) is 6.08 Å². The third-order valence-corrected chi connectivity index (χ3v) is 5.94. The zero-order valence-electron chi connectivity index (χ0n) is 20.7. The molecule has 36 heavy (non-hydrogen) atoms. The minimum absolute atomic E-state index is 0.227. The second-order valence-electron chi connectivity index (χ2n) is 7.64. The molecule has 0 saturated carbocycles. The molecule has 8 nitrogen and oxygen atoms in total. The van der Waals surface area contributed by atoms with Crippen molar-refractivity contribution in [2.45, 2.75) is 27.2 Å². The fraction of sp³-hybridized carbons (Fsp3) is 0.296. The number of rotatable bonds is 12. The number of anilines is 1. The Labute approximate surface area is 215 Å². The van der Waals surface area contributed by atoms with Crippen LogP contribution in [0.15, 0.2) is 54.0 Å². The number of carbonyl (C=O) groups excluding carboxylic acids is 3. The van der Waals surface area contributed by atoms with E-state index in [1.54, 1.807) is 42.5 Å². The molecule has 3 rings (SSSR count). The first-order chi connectivity index (χ1) is 17.4. The van der Waals surface area contributed by atoms with Crippen LogP contribution in [0.3, 0.4) is 0 Å². The third-order valence-electron chi connectivity index (χ3n) is 5.03. The van der Waals surface area contributed by atoms with Crippen molar-refractivity contribution < 1.29 is 28.6 Å². The lowest BCUT2D eigenvalue weighted by Gasteiger charge is -2.16. The van der Waals surface area contributed by atoms with Crippen LogP contribution in [0, 0.1) is 0 Å². The van der Waals surface area contributed by atoms with Crippen LogP contribution in [0.25, 0.3) is 6.08 Å². The van der Waals surface area contributed by atoms with E-state index < -0.39 is 17.1 Å². The minimum Gasteiger partial charge on any atom is -0.494 e. The van der Waals surface area contributed by atoms with Crippen LogP contribution in [-0.2, 0) is 16.0 Å². The maximum atomic E-state index is 13.0. The van der Waals surface area contributed by atoms with Gasteiger partial charge in [0.15, 0.2) is 11.5 Å². The number of nitrogens with zero attached hydrogens (tertiary/aromatic N) is 1. The first-order valence-electron chi connectivity index (χ1n) is 11.7. The van der Waals surface area contributed by atoms with Crippen LogP contribution < -0.4 is 19.5 Å². The van der Waals surface area contributed by atoms with E-state index in [0.29, 0.717) is 54.7 Å². The average Bonchev–Trinajstić information content (AvgIpc) is 3.10. The fourth-order valence-corrected chi connectivity index (χ4v) is 4.42. The highest BCUT2D eigenvalue weighted by Gasteiger charge is 2.36. The summed E-state index contributed by atoms with van der Waals surface area (Å²) in [6.45, 7) is 10.5. The summed E-state index contributed by atoms with van der Waals surface area (Å²) in [6, 6.07) is 10.5. The minimum atomic E-state index is -0.524. The second kappa shape index (κ2) is 12.8. The molecule has 2 aromatic rings. The number of allylic oxidation sites excluding steroid dienone is 1. The van der Waals surface area contributed by atoms with Crippen molar-refractivity contribution in [1.82, 2.24) is 4.90 Å². The Kier molecular flexibility index (Phi) is 9.58. The van der Waals surface area contributed by atoms with Gasteiger partial charge in [0, 0.05) is 11.3 Å². The van der Waals surface area contributed by atoms with E-state index >= 15 is 0 Å². The molecule has 0 unspecified atom stereocenters. The number of ether oxygens (including phenoxy) is 3. The van der Waals surface area contributed by atoms with E-state index in [9.17, 15) is 14.4 Å². The molecule has 2 aromatic carbocycles. The van der Waals surface area contributed by atoms with E-state index in [0.717, 1.165) is 22.2 Å². The lowest BCUT2D eigenvalue weighted by atomic mass is 10.0. The second-order valence-corrected chi connectivity index (χ2v) is 8.63. The number of thioether (sulfide) groups is 1.